The van der Waals surface area contributed by atoms with Crippen LogP contribution in [-0.2, 0) is 0 Å². The van der Waals surface area contributed by atoms with Crippen LogP contribution in [0.5, 0.6) is 0 Å². The molecule has 2 aromatic heterocycles. The molecular weight excluding hydrogens is 210 g/mol. The van der Waals surface area contributed by atoms with Crippen molar-refractivity contribution in [1.29, 1.82) is 0 Å². The number of aromatic nitrogens is 3. The van der Waals surface area contributed by atoms with Crippen LogP contribution in [-0.4, -0.2) is 15.0 Å². The maximum Gasteiger partial charge on any atom is 0.144 e. The molecule has 0 fully saturated rings. The van der Waals surface area contributed by atoms with Gasteiger partial charge >= 0.3 is 0 Å². The van der Waals surface area contributed by atoms with Gasteiger partial charge in [0.1, 0.15) is 17.2 Å². The van der Waals surface area contributed by atoms with Crippen molar-refractivity contribution in [2.45, 2.75) is 9.92 Å². The summed E-state index contributed by atoms with van der Waals surface area (Å²) in [5.41, 5.74) is 2.48. The van der Waals surface area contributed by atoms with Gasteiger partial charge in [-0.3, -0.25) is 4.98 Å². The smallest absolute Gasteiger partial charge is 0.144 e. The number of nitrogens with one attached hydrogen (secondary N) is 1. The highest BCUT2D eigenvalue weighted by Crippen LogP contribution is 2.25. The summed E-state index contributed by atoms with van der Waals surface area (Å²) in [5.74, 6) is 5.85. The summed E-state index contributed by atoms with van der Waals surface area (Å²) < 4.78 is 0. The Morgan fingerprint density at radius 1 is 1.20 bits per heavy atom. The molecule has 0 atom stereocenters. The van der Waals surface area contributed by atoms with Gasteiger partial charge in [-0.15, -0.1) is 0 Å². The van der Waals surface area contributed by atoms with Crippen LogP contribution in [0.25, 0.3) is 0 Å². The molecule has 0 amide bonds. The second kappa shape index (κ2) is 4.72. The van der Waals surface area contributed by atoms with Crippen LogP contribution >= 0.6 is 11.8 Å². The molecule has 2 rings (SSSR count). The average molecular weight is 219 g/mol. The third-order valence-corrected chi connectivity index (χ3v) is 2.60. The molecule has 0 aromatic carbocycles. The summed E-state index contributed by atoms with van der Waals surface area (Å²) >= 11 is 1.53. The van der Waals surface area contributed by atoms with Gasteiger partial charge in [0.2, 0.25) is 0 Å². The number of pyridine rings is 1. The van der Waals surface area contributed by atoms with Crippen molar-refractivity contribution in [3.8, 4) is 0 Å². The van der Waals surface area contributed by atoms with E-state index in [2.05, 4.69) is 20.4 Å². The number of hydrogen-bond acceptors (Lipinski definition) is 6. The fourth-order valence-corrected chi connectivity index (χ4v) is 1.77. The number of anilines is 1. The van der Waals surface area contributed by atoms with E-state index in [1.54, 1.807) is 18.5 Å². The summed E-state index contributed by atoms with van der Waals surface area (Å²) in [5, 5.41) is 0.837. The highest BCUT2D eigenvalue weighted by molar-refractivity contribution is 7.99. The maximum atomic E-state index is 5.25. The molecular formula is C9H9N5S. The van der Waals surface area contributed by atoms with Crippen molar-refractivity contribution in [2.24, 2.45) is 5.84 Å². The largest absolute Gasteiger partial charge is 0.308 e. The Morgan fingerprint density at radius 3 is 2.73 bits per heavy atom. The van der Waals surface area contributed by atoms with E-state index in [-0.39, 0.29) is 0 Å². The van der Waals surface area contributed by atoms with E-state index in [0.717, 1.165) is 9.92 Å². The van der Waals surface area contributed by atoms with Gasteiger partial charge in [0.25, 0.3) is 0 Å². The normalized spacial score (nSPS) is 9.93. The third kappa shape index (κ3) is 2.64. The first-order valence-corrected chi connectivity index (χ1v) is 5.06. The number of nitrogen functional groups attached to an aromatic ring is 1. The molecule has 0 aliphatic heterocycles. The minimum Gasteiger partial charge on any atom is -0.308 e. The van der Waals surface area contributed by atoms with E-state index < -0.39 is 0 Å². The van der Waals surface area contributed by atoms with Crippen molar-refractivity contribution in [1.82, 2.24) is 15.0 Å². The predicted octanol–water partition coefficient (Wildman–Crippen LogP) is 1.31. The summed E-state index contributed by atoms with van der Waals surface area (Å²) in [6, 6.07) is 5.62. The summed E-state index contributed by atoms with van der Waals surface area (Å²) in [4.78, 5) is 13.1. The SMILES string of the molecule is NNc1cc(Sc2ccncc2)ncn1. The average Bonchev–Trinajstić information content (AvgIpc) is 2.31. The van der Waals surface area contributed by atoms with Crippen molar-refractivity contribution in [3.05, 3.63) is 36.9 Å². The summed E-state index contributed by atoms with van der Waals surface area (Å²) in [7, 11) is 0. The lowest BCUT2D eigenvalue weighted by Crippen LogP contribution is -2.08. The fraction of sp³-hybridized carbons (Fsp3) is 0. The van der Waals surface area contributed by atoms with Crippen LogP contribution in [0.15, 0.2) is 46.8 Å². The lowest BCUT2D eigenvalue weighted by Gasteiger charge is -2.02. The zero-order valence-corrected chi connectivity index (χ0v) is 8.61. The Morgan fingerprint density at radius 2 is 2.00 bits per heavy atom. The molecule has 0 radical (unpaired) electrons. The van der Waals surface area contributed by atoms with Gasteiger partial charge in [-0.05, 0) is 12.1 Å². The lowest BCUT2D eigenvalue weighted by molar-refractivity contribution is 1.04. The molecule has 0 saturated heterocycles. The molecule has 3 N–H and O–H groups in total. The number of rotatable bonds is 3. The molecule has 0 saturated carbocycles. The van der Waals surface area contributed by atoms with Crippen molar-refractivity contribution in [3.63, 3.8) is 0 Å². The van der Waals surface area contributed by atoms with Crippen molar-refractivity contribution < 1.29 is 0 Å². The molecule has 2 aromatic rings. The number of nitrogens with zero attached hydrogens (tertiary/aromatic N) is 3. The minimum atomic E-state index is 0.599. The molecule has 0 spiro atoms. The second-order valence-electron chi connectivity index (χ2n) is 2.67. The Bertz CT molecular complexity index is 434. The molecule has 0 unspecified atom stereocenters. The van der Waals surface area contributed by atoms with Crippen LogP contribution < -0.4 is 11.3 Å². The molecule has 76 valence electrons. The van der Waals surface area contributed by atoms with Crippen LogP contribution in [0.3, 0.4) is 0 Å². The predicted molar refractivity (Wildman–Crippen MR) is 58.2 cm³/mol. The van der Waals surface area contributed by atoms with Gasteiger partial charge < -0.3 is 5.43 Å². The second-order valence-corrected chi connectivity index (χ2v) is 3.76. The van der Waals surface area contributed by atoms with E-state index in [0.29, 0.717) is 5.82 Å². The van der Waals surface area contributed by atoms with Crippen molar-refractivity contribution in [2.75, 3.05) is 5.43 Å². The molecule has 0 bridgehead atoms. The van der Waals surface area contributed by atoms with Gasteiger partial charge in [0, 0.05) is 23.4 Å². The first-order chi connectivity index (χ1) is 7.38. The zero-order chi connectivity index (χ0) is 10.5. The Balaban J connectivity index is 2.17. The molecule has 6 heteroatoms. The van der Waals surface area contributed by atoms with Gasteiger partial charge in [-0.1, -0.05) is 11.8 Å². The number of hydrogen-bond donors (Lipinski definition) is 2. The summed E-state index contributed by atoms with van der Waals surface area (Å²) in [6.45, 7) is 0. The third-order valence-electron chi connectivity index (χ3n) is 1.66. The van der Waals surface area contributed by atoms with Crippen LogP contribution in [0, 0.1) is 0 Å². The van der Waals surface area contributed by atoms with E-state index in [1.807, 2.05) is 12.1 Å². The first-order valence-electron chi connectivity index (χ1n) is 4.25. The minimum absolute atomic E-state index is 0.599. The Kier molecular flexibility index (Phi) is 3.11. The molecule has 0 aliphatic carbocycles. The van der Waals surface area contributed by atoms with Crippen LogP contribution in [0.4, 0.5) is 5.82 Å². The maximum absolute atomic E-state index is 5.25. The number of nitrogens with two attached hydrogens (primary N) is 1. The molecule has 2 heterocycles. The number of hydrazine groups is 1. The first kappa shape index (κ1) is 9.88. The van der Waals surface area contributed by atoms with E-state index in [1.165, 1.54) is 18.1 Å². The topological polar surface area (TPSA) is 76.7 Å². The molecule has 5 nitrogen and oxygen atoms in total. The van der Waals surface area contributed by atoms with Gasteiger partial charge in [-0.2, -0.15) is 0 Å². The Hall–Kier alpha value is -1.66. The molecule has 15 heavy (non-hydrogen) atoms. The van der Waals surface area contributed by atoms with E-state index >= 15 is 0 Å². The lowest BCUT2D eigenvalue weighted by atomic mass is 10.5. The molecule has 0 aliphatic rings. The van der Waals surface area contributed by atoms with Gasteiger partial charge in [-0.25, -0.2) is 15.8 Å². The van der Waals surface area contributed by atoms with Crippen LogP contribution in [0.2, 0.25) is 0 Å². The van der Waals surface area contributed by atoms with Gasteiger partial charge in [0.05, 0.1) is 0 Å². The standard InChI is InChI=1S/C9H9N5S/c10-14-8-5-9(13-6-12-8)15-7-1-3-11-4-2-7/h1-6H,10H2,(H,12,13,14). The monoisotopic (exact) mass is 219 g/mol. The quantitative estimate of drug-likeness (QED) is 0.460. The van der Waals surface area contributed by atoms with Crippen LogP contribution in [0.1, 0.15) is 0 Å². The van der Waals surface area contributed by atoms with Crippen molar-refractivity contribution >= 4 is 17.6 Å². The summed E-state index contributed by atoms with van der Waals surface area (Å²) in [6.07, 6.45) is 4.95. The highest BCUT2D eigenvalue weighted by Gasteiger charge is 1.99. The van der Waals surface area contributed by atoms with E-state index in [9.17, 15) is 0 Å². The van der Waals surface area contributed by atoms with E-state index in [4.69, 9.17) is 5.84 Å². The fourth-order valence-electron chi connectivity index (χ4n) is 1.00. The Labute approximate surface area is 91.1 Å². The zero-order valence-electron chi connectivity index (χ0n) is 7.79. The highest BCUT2D eigenvalue weighted by atomic mass is 32.2. The van der Waals surface area contributed by atoms with Gasteiger partial charge in [0.15, 0.2) is 0 Å².